The van der Waals surface area contributed by atoms with Gasteiger partial charge < -0.3 is 20.1 Å². The second kappa shape index (κ2) is 7.48. The minimum Gasteiger partial charge on any atom is -0.394 e. The molecule has 2 N–H and O–H groups in total. The number of hydrogen-bond acceptors (Lipinski definition) is 4. The molecule has 0 unspecified atom stereocenters. The molecule has 1 heterocycles. The first-order chi connectivity index (χ1) is 9.31. The topological polar surface area (TPSA) is 44.7 Å². The predicted octanol–water partition coefficient (Wildman–Crippen LogP) is 1.17. The maximum absolute atomic E-state index is 8.59. The fraction of sp³-hybridized carbons (Fsp3) is 0.600. The van der Waals surface area contributed by atoms with Gasteiger partial charge in [-0.1, -0.05) is 12.1 Å². The number of aliphatic hydroxyl groups is 1. The number of nitrogens with one attached hydrogen (secondary N) is 1. The van der Waals surface area contributed by atoms with E-state index in [0.29, 0.717) is 13.2 Å². The first kappa shape index (κ1) is 14.3. The number of ether oxygens (including phenoxy) is 1. The highest BCUT2D eigenvalue weighted by Gasteiger charge is 2.13. The number of rotatable bonds is 7. The summed E-state index contributed by atoms with van der Waals surface area (Å²) in [4.78, 5) is 2.33. The number of fused-ring (bicyclic) bond motifs is 1. The molecule has 1 aliphatic heterocycles. The molecule has 0 saturated heterocycles. The molecule has 106 valence electrons. The number of hydrogen-bond donors (Lipinski definition) is 2. The number of aryl methyl sites for hydroxylation is 1. The minimum absolute atomic E-state index is 0.0956. The molecule has 0 fully saturated rings. The Morgan fingerprint density at radius 2 is 2.26 bits per heavy atom. The second-order valence-electron chi connectivity index (χ2n) is 5.00. The largest absolute Gasteiger partial charge is 0.394 e. The lowest BCUT2D eigenvalue weighted by Crippen LogP contribution is -2.25. The summed E-state index contributed by atoms with van der Waals surface area (Å²) < 4.78 is 5.21. The van der Waals surface area contributed by atoms with Crippen molar-refractivity contribution in [2.45, 2.75) is 19.4 Å². The summed E-state index contributed by atoms with van der Waals surface area (Å²) in [6.45, 7) is 4.02. The van der Waals surface area contributed by atoms with Crippen LogP contribution in [0.4, 0.5) is 5.69 Å². The first-order valence-corrected chi connectivity index (χ1v) is 7.03. The van der Waals surface area contributed by atoms with Gasteiger partial charge in [0.2, 0.25) is 0 Å². The Hall–Kier alpha value is -1.10. The summed E-state index contributed by atoms with van der Waals surface area (Å²) >= 11 is 0. The van der Waals surface area contributed by atoms with E-state index in [4.69, 9.17) is 9.84 Å². The lowest BCUT2D eigenvalue weighted by molar-refractivity contribution is 0.0938. The van der Waals surface area contributed by atoms with Crippen molar-refractivity contribution in [3.63, 3.8) is 0 Å². The average molecular weight is 264 g/mol. The maximum atomic E-state index is 8.59. The van der Waals surface area contributed by atoms with Crippen molar-refractivity contribution >= 4 is 5.69 Å². The molecule has 1 aromatic carbocycles. The highest BCUT2D eigenvalue weighted by molar-refractivity contribution is 5.56. The molecule has 2 rings (SSSR count). The predicted molar refractivity (Wildman–Crippen MR) is 77.6 cm³/mol. The van der Waals surface area contributed by atoms with Crippen molar-refractivity contribution < 1.29 is 9.84 Å². The third-order valence-electron chi connectivity index (χ3n) is 3.48. The molecule has 19 heavy (non-hydrogen) atoms. The van der Waals surface area contributed by atoms with Gasteiger partial charge in [0.15, 0.2) is 0 Å². The number of anilines is 1. The van der Waals surface area contributed by atoms with Crippen LogP contribution in [-0.2, 0) is 17.7 Å². The molecule has 0 saturated carbocycles. The Morgan fingerprint density at radius 1 is 1.37 bits per heavy atom. The zero-order valence-corrected chi connectivity index (χ0v) is 11.7. The van der Waals surface area contributed by atoms with Gasteiger partial charge in [-0.25, -0.2) is 0 Å². The lowest BCUT2D eigenvalue weighted by Gasteiger charge is -2.27. The first-order valence-electron chi connectivity index (χ1n) is 7.03. The van der Waals surface area contributed by atoms with Crippen LogP contribution < -0.4 is 10.2 Å². The molecule has 0 amide bonds. The number of aliphatic hydroxyl groups excluding tert-OH is 1. The highest BCUT2D eigenvalue weighted by atomic mass is 16.5. The van der Waals surface area contributed by atoms with E-state index in [-0.39, 0.29) is 6.61 Å². The number of nitrogens with zero attached hydrogens (tertiary/aromatic N) is 1. The third kappa shape index (κ3) is 4.20. The second-order valence-corrected chi connectivity index (χ2v) is 5.00. The molecule has 1 aliphatic rings. The van der Waals surface area contributed by atoms with E-state index in [1.54, 1.807) is 0 Å². The van der Waals surface area contributed by atoms with Gasteiger partial charge in [0.25, 0.3) is 0 Å². The van der Waals surface area contributed by atoms with Gasteiger partial charge >= 0.3 is 0 Å². The molecular formula is C15H24N2O2. The van der Waals surface area contributed by atoms with Crippen molar-refractivity contribution in [3.8, 4) is 0 Å². The summed E-state index contributed by atoms with van der Waals surface area (Å²) in [6.07, 6.45) is 2.43. The smallest absolute Gasteiger partial charge is 0.0698 e. The van der Waals surface area contributed by atoms with Crippen LogP contribution in [-0.4, -0.2) is 45.1 Å². The Bertz CT molecular complexity index is 396. The normalized spacial score (nSPS) is 14.5. The maximum Gasteiger partial charge on any atom is 0.0698 e. The van der Waals surface area contributed by atoms with E-state index in [1.165, 1.54) is 29.7 Å². The third-order valence-corrected chi connectivity index (χ3v) is 3.48. The summed E-state index contributed by atoms with van der Waals surface area (Å²) in [5.41, 5.74) is 4.17. The SMILES string of the molecule is CN1CCCc2cc(CNCCOCCO)ccc21. The Labute approximate surface area is 115 Å². The molecule has 0 atom stereocenters. The van der Waals surface area contributed by atoms with Crippen molar-refractivity contribution in [3.05, 3.63) is 29.3 Å². The van der Waals surface area contributed by atoms with Crippen LogP contribution in [0.15, 0.2) is 18.2 Å². The molecule has 0 radical (unpaired) electrons. The van der Waals surface area contributed by atoms with Crippen molar-refractivity contribution in [2.75, 3.05) is 44.9 Å². The monoisotopic (exact) mass is 264 g/mol. The van der Waals surface area contributed by atoms with Gasteiger partial charge in [-0.3, -0.25) is 0 Å². The van der Waals surface area contributed by atoms with Gasteiger partial charge in [-0.2, -0.15) is 0 Å². The molecule has 4 heteroatoms. The van der Waals surface area contributed by atoms with E-state index in [1.807, 2.05) is 0 Å². The van der Waals surface area contributed by atoms with E-state index < -0.39 is 0 Å². The van der Waals surface area contributed by atoms with E-state index >= 15 is 0 Å². The van der Waals surface area contributed by atoms with Gasteiger partial charge in [-0.15, -0.1) is 0 Å². The van der Waals surface area contributed by atoms with E-state index in [2.05, 4.69) is 35.5 Å². The Kier molecular flexibility index (Phi) is 5.63. The van der Waals surface area contributed by atoms with Crippen LogP contribution in [0.2, 0.25) is 0 Å². The molecular weight excluding hydrogens is 240 g/mol. The molecule has 0 bridgehead atoms. The minimum atomic E-state index is 0.0956. The molecule has 0 spiro atoms. The zero-order valence-electron chi connectivity index (χ0n) is 11.7. The van der Waals surface area contributed by atoms with Crippen LogP contribution in [0.25, 0.3) is 0 Å². The lowest BCUT2D eigenvalue weighted by atomic mass is 9.99. The summed E-state index contributed by atoms with van der Waals surface area (Å²) in [7, 11) is 2.16. The van der Waals surface area contributed by atoms with Gasteiger partial charge in [-0.05, 0) is 30.0 Å². The highest BCUT2D eigenvalue weighted by Crippen LogP contribution is 2.26. The van der Waals surface area contributed by atoms with Gasteiger partial charge in [0.05, 0.1) is 19.8 Å². The van der Waals surface area contributed by atoms with Crippen molar-refractivity contribution in [1.29, 1.82) is 0 Å². The fourth-order valence-electron chi connectivity index (χ4n) is 2.49. The van der Waals surface area contributed by atoms with Crippen LogP contribution in [0, 0.1) is 0 Å². The van der Waals surface area contributed by atoms with Gasteiger partial charge in [0.1, 0.15) is 0 Å². The molecule has 0 aromatic heterocycles. The van der Waals surface area contributed by atoms with E-state index in [9.17, 15) is 0 Å². The van der Waals surface area contributed by atoms with Crippen molar-refractivity contribution in [1.82, 2.24) is 5.32 Å². The fourth-order valence-corrected chi connectivity index (χ4v) is 2.49. The number of benzene rings is 1. The van der Waals surface area contributed by atoms with Crippen molar-refractivity contribution in [2.24, 2.45) is 0 Å². The Balaban J connectivity index is 1.78. The quantitative estimate of drug-likeness (QED) is 0.726. The van der Waals surface area contributed by atoms with Crippen LogP contribution in [0.1, 0.15) is 17.5 Å². The van der Waals surface area contributed by atoms with Crippen LogP contribution in [0.5, 0.6) is 0 Å². The average Bonchev–Trinajstić information content (AvgIpc) is 2.43. The summed E-state index contributed by atoms with van der Waals surface area (Å²) in [5, 5.41) is 11.9. The summed E-state index contributed by atoms with van der Waals surface area (Å²) in [6, 6.07) is 6.74. The molecule has 0 aliphatic carbocycles. The van der Waals surface area contributed by atoms with Crippen LogP contribution in [0.3, 0.4) is 0 Å². The standard InChI is InChI=1S/C15H24N2O2/c1-17-7-2-3-14-11-13(4-5-15(14)17)12-16-6-9-19-10-8-18/h4-5,11,16,18H,2-3,6-10,12H2,1H3. The van der Waals surface area contributed by atoms with Gasteiger partial charge in [0, 0.05) is 32.4 Å². The Morgan fingerprint density at radius 3 is 3.11 bits per heavy atom. The van der Waals surface area contributed by atoms with Crippen LogP contribution >= 0.6 is 0 Å². The summed E-state index contributed by atoms with van der Waals surface area (Å²) in [5.74, 6) is 0. The zero-order chi connectivity index (χ0) is 13.5. The van der Waals surface area contributed by atoms with E-state index in [0.717, 1.165) is 19.6 Å². The molecule has 1 aromatic rings. The molecule has 4 nitrogen and oxygen atoms in total.